The molecule has 22 heavy (non-hydrogen) atoms. The van der Waals surface area contributed by atoms with Gasteiger partial charge in [-0.1, -0.05) is 37.3 Å². The molecule has 2 aromatic rings. The predicted octanol–water partition coefficient (Wildman–Crippen LogP) is 3.51. The molecule has 0 aromatic heterocycles. The molecule has 2 aromatic carbocycles. The largest absolute Gasteiger partial charge is 0.274 e. The first kappa shape index (κ1) is 14.4. The van der Waals surface area contributed by atoms with Gasteiger partial charge in [-0.05, 0) is 35.7 Å². The number of benzene rings is 2. The fourth-order valence-corrected chi connectivity index (χ4v) is 2.90. The monoisotopic (exact) mass is 297 g/mol. The second-order valence-corrected chi connectivity index (χ2v) is 5.55. The summed E-state index contributed by atoms with van der Waals surface area (Å²) >= 11 is 0. The van der Waals surface area contributed by atoms with E-state index in [1.165, 1.54) is 29.2 Å². The van der Waals surface area contributed by atoms with Crippen molar-refractivity contribution in [2.24, 2.45) is 5.92 Å². The van der Waals surface area contributed by atoms with E-state index in [0.29, 0.717) is 5.69 Å². The number of amides is 2. The highest BCUT2D eigenvalue weighted by Crippen LogP contribution is 2.35. The Balaban J connectivity index is 1.87. The lowest BCUT2D eigenvalue weighted by atomic mass is 9.86. The zero-order chi connectivity index (χ0) is 15.7. The molecule has 1 aliphatic heterocycles. The molecule has 0 unspecified atom stereocenters. The zero-order valence-electron chi connectivity index (χ0n) is 12.2. The zero-order valence-corrected chi connectivity index (χ0v) is 12.2. The highest BCUT2D eigenvalue weighted by Gasteiger charge is 2.42. The van der Waals surface area contributed by atoms with Crippen LogP contribution in [0.4, 0.5) is 10.1 Å². The minimum absolute atomic E-state index is 0.0388. The summed E-state index contributed by atoms with van der Waals surface area (Å²) in [5.41, 5.74) is 1.47. The number of imide groups is 1. The summed E-state index contributed by atoms with van der Waals surface area (Å²) in [7, 11) is 0. The van der Waals surface area contributed by atoms with Gasteiger partial charge in [-0.3, -0.25) is 14.5 Å². The van der Waals surface area contributed by atoms with E-state index in [9.17, 15) is 14.0 Å². The van der Waals surface area contributed by atoms with Crippen molar-refractivity contribution in [2.45, 2.75) is 19.3 Å². The van der Waals surface area contributed by atoms with Crippen LogP contribution in [0.2, 0.25) is 0 Å². The summed E-state index contributed by atoms with van der Waals surface area (Å²) in [5.74, 6) is -1.25. The summed E-state index contributed by atoms with van der Waals surface area (Å²) in [4.78, 5) is 26.0. The molecule has 4 heteroatoms. The quantitative estimate of drug-likeness (QED) is 0.813. The minimum atomic E-state index is -0.392. The maximum atomic E-state index is 13.0. The van der Waals surface area contributed by atoms with Crippen LogP contribution < -0.4 is 4.90 Å². The number of anilines is 1. The molecule has 0 spiro atoms. The molecule has 2 atom stereocenters. The SMILES string of the molecule is C[C@H](c1ccccc1)[C@H]1CC(=O)N(c2ccc(F)cc2)C1=O. The lowest BCUT2D eigenvalue weighted by molar-refractivity contribution is -0.122. The van der Waals surface area contributed by atoms with E-state index < -0.39 is 5.82 Å². The smallest absolute Gasteiger partial charge is 0.237 e. The number of nitrogens with zero attached hydrogens (tertiary/aromatic N) is 1. The number of carbonyl (C=O) groups is 2. The van der Waals surface area contributed by atoms with Crippen molar-refractivity contribution in [3.8, 4) is 0 Å². The average Bonchev–Trinajstić information content (AvgIpc) is 2.83. The van der Waals surface area contributed by atoms with Gasteiger partial charge < -0.3 is 0 Å². The number of hydrogen-bond acceptors (Lipinski definition) is 2. The van der Waals surface area contributed by atoms with Gasteiger partial charge in [0.25, 0.3) is 0 Å². The van der Waals surface area contributed by atoms with Crippen LogP contribution in [0.5, 0.6) is 0 Å². The third-order valence-electron chi connectivity index (χ3n) is 4.20. The number of carbonyl (C=O) groups excluding carboxylic acids is 2. The minimum Gasteiger partial charge on any atom is -0.274 e. The molecule has 112 valence electrons. The van der Waals surface area contributed by atoms with Crippen LogP contribution in [0.15, 0.2) is 54.6 Å². The maximum Gasteiger partial charge on any atom is 0.237 e. The van der Waals surface area contributed by atoms with Crippen LogP contribution in [0.25, 0.3) is 0 Å². The second kappa shape index (κ2) is 5.72. The molecule has 1 fully saturated rings. The lowest BCUT2D eigenvalue weighted by Gasteiger charge is -2.19. The molecule has 0 N–H and O–H groups in total. The molecular formula is C18H16FNO2. The molecule has 0 radical (unpaired) electrons. The van der Waals surface area contributed by atoms with Crippen molar-refractivity contribution in [3.05, 3.63) is 66.0 Å². The summed E-state index contributed by atoms with van der Waals surface area (Å²) < 4.78 is 13.0. The Morgan fingerprint density at radius 2 is 1.68 bits per heavy atom. The van der Waals surface area contributed by atoms with E-state index in [1.807, 2.05) is 37.3 Å². The van der Waals surface area contributed by atoms with Crippen LogP contribution in [-0.4, -0.2) is 11.8 Å². The van der Waals surface area contributed by atoms with Gasteiger partial charge in [0.2, 0.25) is 11.8 Å². The van der Waals surface area contributed by atoms with E-state index in [4.69, 9.17) is 0 Å². The Hall–Kier alpha value is -2.49. The summed E-state index contributed by atoms with van der Waals surface area (Å²) in [5, 5.41) is 0. The van der Waals surface area contributed by atoms with Crippen LogP contribution in [0, 0.1) is 11.7 Å². The van der Waals surface area contributed by atoms with E-state index >= 15 is 0 Å². The van der Waals surface area contributed by atoms with E-state index in [-0.39, 0.29) is 30.1 Å². The maximum absolute atomic E-state index is 13.0. The molecule has 0 saturated carbocycles. The van der Waals surface area contributed by atoms with Crippen LogP contribution in [0.3, 0.4) is 0 Å². The first-order valence-corrected chi connectivity index (χ1v) is 7.25. The first-order chi connectivity index (χ1) is 10.6. The highest BCUT2D eigenvalue weighted by molar-refractivity contribution is 6.21. The Morgan fingerprint density at radius 3 is 2.32 bits per heavy atom. The Kier molecular flexibility index (Phi) is 3.75. The molecule has 0 aliphatic carbocycles. The van der Waals surface area contributed by atoms with Crippen LogP contribution in [-0.2, 0) is 9.59 Å². The van der Waals surface area contributed by atoms with Gasteiger partial charge in [-0.2, -0.15) is 0 Å². The third-order valence-corrected chi connectivity index (χ3v) is 4.20. The highest BCUT2D eigenvalue weighted by atomic mass is 19.1. The van der Waals surface area contributed by atoms with Crippen molar-refractivity contribution in [2.75, 3.05) is 4.90 Å². The second-order valence-electron chi connectivity index (χ2n) is 5.55. The first-order valence-electron chi connectivity index (χ1n) is 7.25. The fraction of sp³-hybridized carbons (Fsp3) is 0.222. The van der Waals surface area contributed by atoms with Crippen molar-refractivity contribution in [1.82, 2.24) is 0 Å². The molecule has 3 nitrogen and oxygen atoms in total. The molecule has 1 saturated heterocycles. The third kappa shape index (κ3) is 2.52. The van der Waals surface area contributed by atoms with Gasteiger partial charge in [0, 0.05) is 6.42 Å². The summed E-state index contributed by atoms with van der Waals surface area (Å²) in [6, 6.07) is 15.1. The summed E-state index contributed by atoms with van der Waals surface area (Å²) in [6.45, 7) is 1.96. The van der Waals surface area contributed by atoms with Crippen molar-refractivity contribution in [3.63, 3.8) is 0 Å². The molecule has 1 aliphatic rings. The molecule has 3 rings (SSSR count). The Morgan fingerprint density at radius 1 is 1.05 bits per heavy atom. The van der Waals surface area contributed by atoms with Crippen molar-refractivity contribution >= 4 is 17.5 Å². The van der Waals surface area contributed by atoms with E-state index in [0.717, 1.165) is 5.56 Å². The Labute approximate surface area is 128 Å². The van der Waals surface area contributed by atoms with E-state index in [2.05, 4.69) is 0 Å². The van der Waals surface area contributed by atoms with Crippen LogP contribution >= 0.6 is 0 Å². The Bertz CT molecular complexity index is 697. The standard InChI is InChI=1S/C18H16FNO2/c1-12(13-5-3-2-4-6-13)16-11-17(21)20(18(16)22)15-9-7-14(19)8-10-15/h2-10,12,16H,11H2,1H3/t12-,16-/m1/s1. The van der Waals surface area contributed by atoms with E-state index in [1.54, 1.807) is 0 Å². The van der Waals surface area contributed by atoms with Gasteiger partial charge in [0.05, 0.1) is 11.6 Å². The average molecular weight is 297 g/mol. The molecule has 0 bridgehead atoms. The fourth-order valence-electron chi connectivity index (χ4n) is 2.90. The number of halogens is 1. The predicted molar refractivity (Wildman–Crippen MR) is 81.9 cm³/mol. The van der Waals surface area contributed by atoms with Gasteiger partial charge in [-0.15, -0.1) is 0 Å². The van der Waals surface area contributed by atoms with Gasteiger partial charge in [-0.25, -0.2) is 4.39 Å². The summed E-state index contributed by atoms with van der Waals surface area (Å²) in [6.07, 6.45) is 0.187. The number of hydrogen-bond donors (Lipinski definition) is 0. The molecular weight excluding hydrogens is 281 g/mol. The lowest BCUT2D eigenvalue weighted by Crippen LogP contribution is -2.31. The van der Waals surface area contributed by atoms with Gasteiger partial charge in [0.15, 0.2) is 0 Å². The number of rotatable bonds is 3. The van der Waals surface area contributed by atoms with Crippen LogP contribution in [0.1, 0.15) is 24.8 Å². The van der Waals surface area contributed by atoms with Gasteiger partial charge in [0.1, 0.15) is 5.82 Å². The van der Waals surface area contributed by atoms with Gasteiger partial charge >= 0.3 is 0 Å². The molecule has 2 amide bonds. The topological polar surface area (TPSA) is 37.4 Å². The molecule has 1 heterocycles. The van der Waals surface area contributed by atoms with Crippen molar-refractivity contribution < 1.29 is 14.0 Å². The van der Waals surface area contributed by atoms with Crippen molar-refractivity contribution in [1.29, 1.82) is 0 Å². The normalized spacial score (nSPS) is 19.5.